The van der Waals surface area contributed by atoms with E-state index in [0.29, 0.717) is 18.3 Å². The quantitative estimate of drug-likeness (QED) is 0.422. The van der Waals surface area contributed by atoms with Gasteiger partial charge in [0.2, 0.25) is 0 Å². The van der Waals surface area contributed by atoms with E-state index in [1.165, 1.54) is 49.7 Å². The van der Waals surface area contributed by atoms with E-state index in [1.807, 2.05) is 0 Å². The number of hydrogen-bond donors (Lipinski definition) is 0. The summed E-state index contributed by atoms with van der Waals surface area (Å²) in [6.07, 6.45) is 15.8. The topological polar surface area (TPSA) is 0 Å². The van der Waals surface area contributed by atoms with Crippen molar-refractivity contribution in [2.24, 2.45) is 11.8 Å². The van der Waals surface area contributed by atoms with E-state index in [1.54, 1.807) is 0 Å². The molecule has 148 valence electrons. The van der Waals surface area contributed by atoms with Gasteiger partial charge in [0.05, 0.1) is 0 Å². The van der Waals surface area contributed by atoms with Gasteiger partial charge in [0.25, 0.3) is 6.08 Å². The molecular weight excluding hydrogens is 338 g/mol. The Morgan fingerprint density at radius 1 is 0.889 bits per heavy atom. The summed E-state index contributed by atoms with van der Waals surface area (Å²) in [7, 11) is 0. The van der Waals surface area contributed by atoms with Crippen LogP contribution >= 0.6 is 0 Å². The summed E-state index contributed by atoms with van der Waals surface area (Å²) in [6.45, 7) is 2.30. The van der Waals surface area contributed by atoms with E-state index in [-0.39, 0.29) is 0 Å². The van der Waals surface area contributed by atoms with Crippen LogP contribution in [0.3, 0.4) is 0 Å². The molecule has 0 aromatic heterocycles. The number of rotatable bonds is 7. The van der Waals surface area contributed by atoms with E-state index < -0.39 is 6.08 Å². The predicted octanol–water partition coefficient (Wildman–Crippen LogP) is 8.37. The molecule has 1 aromatic rings. The van der Waals surface area contributed by atoms with Gasteiger partial charge in [-0.3, -0.25) is 0 Å². The minimum Gasteiger partial charge on any atom is -0.174 e. The highest BCUT2D eigenvalue weighted by atomic mass is 19.3. The lowest BCUT2D eigenvalue weighted by Gasteiger charge is -2.29. The number of allylic oxidation sites excluding steroid dienone is 3. The molecule has 0 bridgehead atoms. The fourth-order valence-electron chi connectivity index (χ4n) is 5.01. The zero-order valence-electron chi connectivity index (χ0n) is 16.7. The first-order valence-corrected chi connectivity index (χ1v) is 10.9. The first-order valence-electron chi connectivity index (χ1n) is 10.9. The molecule has 2 aliphatic rings. The van der Waals surface area contributed by atoms with Crippen LogP contribution in [0.4, 0.5) is 8.78 Å². The lowest BCUT2D eigenvalue weighted by atomic mass is 9.76. The van der Waals surface area contributed by atoms with Gasteiger partial charge in [0.15, 0.2) is 0 Å². The summed E-state index contributed by atoms with van der Waals surface area (Å²) in [4.78, 5) is 0. The van der Waals surface area contributed by atoms with Crippen LogP contribution in [0.1, 0.15) is 94.1 Å². The van der Waals surface area contributed by atoms with Crippen LogP contribution in [0.15, 0.2) is 48.6 Å². The molecular formula is C25H34F2. The summed E-state index contributed by atoms with van der Waals surface area (Å²) in [6, 6.07) is 9.36. The smallest absolute Gasteiger partial charge is 0.174 e. The second-order valence-corrected chi connectivity index (χ2v) is 8.57. The molecule has 2 unspecified atom stereocenters. The van der Waals surface area contributed by atoms with Gasteiger partial charge in [0, 0.05) is 5.92 Å². The van der Waals surface area contributed by atoms with Crippen molar-refractivity contribution in [2.75, 3.05) is 0 Å². The monoisotopic (exact) mass is 372 g/mol. The minimum absolute atomic E-state index is 0.453. The molecule has 0 nitrogen and oxygen atoms in total. The predicted molar refractivity (Wildman–Crippen MR) is 110 cm³/mol. The van der Waals surface area contributed by atoms with E-state index in [4.69, 9.17) is 0 Å². The van der Waals surface area contributed by atoms with Crippen molar-refractivity contribution in [3.8, 4) is 0 Å². The summed E-state index contributed by atoms with van der Waals surface area (Å²) in [5.41, 5.74) is 2.93. The molecule has 0 radical (unpaired) electrons. The highest BCUT2D eigenvalue weighted by Gasteiger charge is 2.22. The Hall–Kier alpha value is -1.44. The van der Waals surface area contributed by atoms with Crippen molar-refractivity contribution < 1.29 is 8.78 Å². The lowest BCUT2D eigenvalue weighted by molar-refractivity contribution is 0.308. The average Bonchev–Trinajstić information content (AvgIpc) is 2.69. The van der Waals surface area contributed by atoms with Crippen LogP contribution in [-0.2, 0) is 0 Å². The molecule has 27 heavy (non-hydrogen) atoms. The summed E-state index contributed by atoms with van der Waals surface area (Å²) >= 11 is 0. The van der Waals surface area contributed by atoms with Crippen molar-refractivity contribution >= 4 is 0 Å². The van der Waals surface area contributed by atoms with Crippen LogP contribution in [0.2, 0.25) is 0 Å². The largest absolute Gasteiger partial charge is 0.266 e. The van der Waals surface area contributed by atoms with Crippen molar-refractivity contribution in [1.82, 2.24) is 0 Å². The summed E-state index contributed by atoms with van der Waals surface area (Å²) < 4.78 is 24.3. The Labute approximate surface area is 163 Å². The van der Waals surface area contributed by atoms with Crippen molar-refractivity contribution in [2.45, 2.75) is 83.0 Å². The zero-order chi connectivity index (χ0) is 19.1. The first-order chi connectivity index (χ1) is 13.2. The van der Waals surface area contributed by atoms with Gasteiger partial charge >= 0.3 is 0 Å². The van der Waals surface area contributed by atoms with E-state index >= 15 is 0 Å². The third-order valence-corrected chi connectivity index (χ3v) is 6.68. The average molecular weight is 373 g/mol. The Kier molecular flexibility index (Phi) is 7.67. The SMILES string of the molecule is CCCC1CCC(c2ccc(C3C=CC(CCC=C(F)F)CC3)cc2)CC1. The van der Waals surface area contributed by atoms with Crippen molar-refractivity contribution in [3.63, 3.8) is 0 Å². The van der Waals surface area contributed by atoms with Crippen LogP contribution in [0.5, 0.6) is 0 Å². The molecule has 2 aliphatic carbocycles. The highest BCUT2D eigenvalue weighted by molar-refractivity contribution is 5.31. The molecule has 0 aliphatic heterocycles. The van der Waals surface area contributed by atoms with E-state index in [9.17, 15) is 8.78 Å². The molecule has 0 spiro atoms. The zero-order valence-corrected chi connectivity index (χ0v) is 16.7. The molecule has 2 heteroatoms. The second kappa shape index (κ2) is 10.2. The molecule has 1 aromatic carbocycles. The molecule has 1 fully saturated rings. The highest BCUT2D eigenvalue weighted by Crippen LogP contribution is 2.38. The molecule has 1 saturated carbocycles. The third-order valence-electron chi connectivity index (χ3n) is 6.68. The fraction of sp³-hybridized carbons (Fsp3) is 0.600. The van der Waals surface area contributed by atoms with Crippen LogP contribution in [-0.4, -0.2) is 0 Å². The normalized spacial score (nSPS) is 28.1. The van der Waals surface area contributed by atoms with Crippen molar-refractivity contribution in [1.29, 1.82) is 0 Å². The Morgan fingerprint density at radius 3 is 2.19 bits per heavy atom. The van der Waals surface area contributed by atoms with Crippen molar-refractivity contribution in [3.05, 3.63) is 59.7 Å². The maximum absolute atomic E-state index is 12.1. The first kappa shape index (κ1) is 20.3. The minimum atomic E-state index is -1.55. The second-order valence-electron chi connectivity index (χ2n) is 8.57. The van der Waals surface area contributed by atoms with Gasteiger partial charge in [-0.15, -0.1) is 0 Å². The van der Waals surface area contributed by atoms with E-state index in [2.05, 4.69) is 43.3 Å². The summed E-state index contributed by atoms with van der Waals surface area (Å²) in [5.74, 6) is 2.66. The van der Waals surface area contributed by atoms with Gasteiger partial charge < -0.3 is 0 Å². The third kappa shape index (κ3) is 6.02. The molecule has 0 N–H and O–H groups in total. The van der Waals surface area contributed by atoms with Crippen LogP contribution in [0, 0.1) is 11.8 Å². The molecule has 0 saturated heterocycles. The number of benzene rings is 1. The Morgan fingerprint density at radius 2 is 1.59 bits per heavy atom. The van der Waals surface area contributed by atoms with E-state index in [0.717, 1.165) is 37.2 Å². The lowest BCUT2D eigenvalue weighted by Crippen LogP contribution is -2.13. The van der Waals surface area contributed by atoms with Gasteiger partial charge in [-0.2, -0.15) is 8.78 Å². The molecule has 0 heterocycles. The van der Waals surface area contributed by atoms with Gasteiger partial charge in [0.1, 0.15) is 0 Å². The molecule has 2 atom stereocenters. The molecule has 0 amide bonds. The Balaban J connectivity index is 1.50. The van der Waals surface area contributed by atoms with Gasteiger partial charge in [-0.1, -0.05) is 56.2 Å². The standard InChI is InChI=1S/C25H34F2/c1-2-4-19-7-11-21(12-8-19)23-15-17-24(18-16-23)22-13-9-20(10-14-22)5-3-6-25(26)27/h6,9,13,15-22H,2-5,7-8,10-12,14H2,1H3. The maximum atomic E-state index is 12.1. The maximum Gasteiger partial charge on any atom is 0.266 e. The molecule has 3 rings (SSSR count). The number of halogens is 2. The summed E-state index contributed by atoms with van der Waals surface area (Å²) in [5, 5.41) is 0. The van der Waals surface area contributed by atoms with Gasteiger partial charge in [-0.05, 0) is 86.3 Å². The van der Waals surface area contributed by atoms with Crippen LogP contribution in [0.25, 0.3) is 0 Å². The van der Waals surface area contributed by atoms with Crippen LogP contribution < -0.4 is 0 Å². The number of hydrogen-bond acceptors (Lipinski definition) is 0. The Bertz CT molecular complexity index is 616. The van der Waals surface area contributed by atoms with Gasteiger partial charge in [-0.25, -0.2) is 0 Å². The fourth-order valence-corrected chi connectivity index (χ4v) is 5.01.